The minimum absolute atomic E-state index is 0.915. The number of nitrogens with zero attached hydrogens (tertiary/aromatic N) is 1. The molecule has 0 aliphatic heterocycles. The summed E-state index contributed by atoms with van der Waals surface area (Å²) in [5, 5.41) is 0. The Hall–Kier alpha value is -2.02. The van der Waals surface area contributed by atoms with Crippen LogP contribution in [0.15, 0.2) is 61.4 Å². The molecule has 106 valence electrons. The lowest BCUT2D eigenvalue weighted by Gasteiger charge is -1.98. The molecule has 2 aromatic rings. The van der Waals surface area contributed by atoms with Crippen LogP contribution in [0.1, 0.15) is 11.1 Å². The molecule has 0 fully saturated rings. The Balaban J connectivity index is 0.000000347. The van der Waals surface area contributed by atoms with Crippen LogP contribution in [0.3, 0.4) is 0 Å². The maximum Gasteiger partial charge on any atom is 0.215 e. The SMILES string of the molecule is C=Cc1ccc(C[n+]2ccccc2)cc1.O=S(=O)([O-])O. The molecule has 1 aromatic carbocycles. The second-order valence-corrected chi connectivity index (χ2v) is 4.78. The summed E-state index contributed by atoms with van der Waals surface area (Å²) in [6.45, 7) is 4.65. The third-order valence-corrected chi connectivity index (χ3v) is 2.36. The van der Waals surface area contributed by atoms with Gasteiger partial charge in [-0.05, 0) is 5.56 Å². The van der Waals surface area contributed by atoms with Crippen LogP contribution in [0, 0.1) is 0 Å². The minimum atomic E-state index is -4.92. The van der Waals surface area contributed by atoms with Crippen molar-refractivity contribution in [1.29, 1.82) is 0 Å². The van der Waals surface area contributed by atoms with Gasteiger partial charge in [-0.15, -0.1) is 0 Å². The molecule has 2 rings (SSSR count). The second-order valence-electron chi connectivity index (χ2n) is 3.92. The van der Waals surface area contributed by atoms with Gasteiger partial charge in [0.25, 0.3) is 0 Å². The molecule has 0 aliphatic rings. The van der Waals surface area contributed by atoms with Gasteiger partial charge in [0.15, 0.2) is 18.9 Å². The molecule has 1 N–H and O–H groups in total. The van der Waals surface area contributed by atoms with Crippen LogP contribution in [0.5, 0.6) is 0 Å². The van der Waals surface area contributed by atoms with Crippen LogP contribution in [0.25, 0.3) is 6.08 Å². The van der Waals surface area contributed by atoms with Crippen molar-refractivity contribution in [3.63, 3.8) is 0 Å². The normalized spacial score (nSPS) is 10.3. The predicted octanol–water partition coefficient (Wildman–Crippen LogP) is 1.67. The zero-order valence-electron chi connectivity index (χ0n) is 10.7. The quantitative estimate of drug-likeness (QED) is 0.530. The predicted molar refractivity (Wildman–Crippen MR) is 74.6 cm³/mol. The highest BCUT2D eigenvalue weighted by molar-refractivity contribution is 7.79. The molecule has 5 nitrogen and oxygen atoms in total. The van der Waals surface area contributed by atoms with Crippen LogP contribution < -0.4 is 4.57 Å². The van der Waals surface area contributed by atoms with E-state index < -0.39 is 10.4 Å². The molecule has 0 spiro atoms. The Bertz CT molecular complexity index is 629. The van der Waals surface area contributed by atoms with Crippen LogP contribution >= 0.6 is 0 Å². The van der Waals surface area contributed by atoms with E-state index in [9.17, 15) is 0 Å². The molecular formula is C14H15NO4S. The highest BCUT2D eigenvalue weighted by Gasteiger charge is 1.99. The number of aromatic nitrogens is 1. The lowest BCUT2D eigenvalue weighted by molar-refractivity contribution is -0.688. The van der Waals surface area contributed by atoms with Crippen molar-refractivity contribution in [1.82, 2.24) is 0 Å². The molecule has 0 bridgehead atoms. The van der Waals surface area contributed by atoms with E-state index in [0.29, 0.717) is 0 Å². The fraction of sp³-hybridized carbons (Fsp3) is 0.0714. The molecule has 0 unspecified atom stereocenters. The molecule has 0 amide bonds. The Morgan fingerprint density at radius 2 is 1.65 bits per heavy atom. The maximum absolute atomic E-state index is 8.63. The van der Waals surface area contributed by atoms with Crippen molar-refractivity contribution in [2.75, 3.05) is 0 Å². The summed E-state index contributed by atoms with van der Waals surface area (Å²) in [4.78, 5) is 0. The van der Waals surface area contributed by atoms with Crippen molar-refractivity contribution >= 4 is 16.5 Å². The van der Waals surface area contributed by atoms with E-state index in [1.54, 1.807) is 0 Å². The van der Waals surface area contributed by atoms with Crippen molar-refractivity contribution < 1.29 is 22.1 Å². The summed E-state index contributed by atoms with van der Waals surface area (Å²) in [7, 11) is -4.92. The standard InChI is InChI=1S/C14H14N.H2O4S/c1-2-13-6-8-14(9-7-13)12-15-10-4-3-5-11-15;1-5(2,3)4/h2-11H,1,12H2;(H2,1,2,3,4)/q+1;/p-1. The third kappa shape index (κ3) is 7.42. The lowest BCUT2D eigenvalue weighted by Crippen LogP contribution is -2.32. The molecule has 20 heavy (non-hydrogen) atoms. The molecular weight excluding hydrogens is 278 g/mol. The molecule has 0 aliphatic carbocycles. The van der Waals surface area contributed by atoms with Crippen molar-refractivity contribution in [3.8, 4) is 0 Å². The number of hydrogen-bond acceptors (Lipinski definition) is 3. The molecule has 1 heterocycles. The van der Waals surface area contributed by atoms with Crippen LogP contribution in [-0.2, 0) is 16.9 Å². The smallest absolute Gasteiger partial charge is 0.215 e. The molecule has 0 radical (unpaired) electrons. The van der Waals surface area contributed by atoms with E-state index in [-0.39, 0.29) is 0 Å². The zero-order valence-corrected chi connectivity index (χ0v) is 11.5. The van der Waals surface area contributed by atoms with Gasteiger partial charge in [-0.3, -0.25) is 4.55 Å². The number of hydrogen-bond donors (Lipinski definition) is 1. The largest absolute Gasteiger partial charge is 0.726 e. The number of benzene rings is 1. The van der Waals surface area contributed by atoms with Crippen molar-refractivity contribution in [3.05, 3.63) is 72.6 Å². The van der Waals surface area contributed by atoms with E-state index in [0.717, 1.165) is 12.1 Å². The molecule has 6 heteroatoms. The van der Waals surface area contributed by atoms with Gasteiger partial charge in [-0.25, -0.2) is 13.0 Å². The van der Waals surface area contributed by atoms with Gasteiger partial charge in [0.05, 0.1) is 0 Å². The van der Waals surface area contributed by atoms with Gasteiger partial charge in [0.1, 0.15) is 0 Å². The summed E-state index contributed by atoms with van der Waals surface area (Å²) >= 11 is 0. The van der Waals surface area contributed by atoms with E-state index in [4.69, 9.17) is 17.5 Å². The second kappa shape index (κ2) is 7.54. The van der Waals surface area contributed by atoms with Crippen LogP contribution in [-0.4, -0.2) is 17.5 Å². The first kappa shape index (κ1) is 16.0. The van der Waals surface area contributed by atoms with Crippen molar-refractivity contribution in [2.24, 2.45) is 0 Å². The number of rotatable bonds is 3. The van der Waals surface area contributed by atoms with Gasteiger partial charge in [-0.2, -0.15) is 0 Å². The molecule has 0 saturated heterocycles. The summed E-state index contributed by atoms with van der Waals surface area (Å²) < 4.78 is 35.0. The van der Waals surface area contributed by atoms with Gasteiger partial charge in [-0.1, -0.05) is 43.0 Å². The van der Waals surface area contributed by atoms with Crippen LogP contribution in [0.2, 0.25) is 0 Å². The van der Waals surface area contributed by atoms with Crippen molar-refractivity contribution in [2.45, 2.75) is 6.54 Å². The highest BCUT2D eigenvalue weighted by Crippen LogP contribution is 2.04. The average molecular weight is 293 g/mol. The zero-order chi connectivity index (χ0) is 15.0. The fourth-order valence-corrected chi connectivity index (χ4v) is 1.51. The Kier molecular flexibility index (Phi) is 6.05. The molecule has 0 saturated carbocycles. The van der Waals surface area contributed by atoms with Crippen LogP contribution in [0.4, 0.5) is 0 Å². The first-order valence-corrected chi connectivity index (χ1v) is 7.09. The van der Waals surface area contributed by atoms with Gasteiger partial charge in [0.2, 0.25) is 10.4 Å². The van der Waals surface area contributed by atoms with E-state index >= 15 is 0 Å². The van der Waals surface area contributed by atoms with E-state index in [2.05, 4.69) is 47.8 Å². The molecule has 1 aromatic heterocycles. The first-order chi connectivity index (χ1) is 9.38. The Morgan fingerprint density at radius 3 is 2.10 bits per heavy atom. The first-order valence-electron chi connectivity index (χ1n) is 5.72. The highest BCUT2D eigenvalue weighted by atomic mass is 32.3. The third-order valence-electron chi connectivity index (χ3n) is 2.36. The lowest BCUT2D eigenvalue weighted by atomic mass is 10.1. The molecule has 0 atom stereocenters. The summed E-state index contributed by atoms with van der Waals surface area (Å²) in [5.74, 6) is 0. The van der Waals surface area contributed by atoms with Gasteiger partial charge in [0, 0.05) is 17.7 Å². The summed E-state index contributed by atoms with van der Waals surface area (Å²) in [5.41, 5.74) is 2.47. The topological polar surface area (TPSA) is 81.3 Å². The van der Waals surface area contributed by atoms with E-state index in [1.807, 2.05) is 24.3 Å². The Labute approximate surface area is 118 Å². The summed E-state index contributed by atoms with van der Waals surface area (Å²) in [6, 6.07) is 14.6. The monoisotopic (exact) mass is 293 g/mol. The van der Waals surface area contributed by atoms with Gasteiger partial charge < -0.3 is 4.55 Å². The van der Waals surface area contributed by atoms with E-state index in [1.165, 1.54) is 5.56 Å². The minimum Gasteiger partial charge on any atom is -0.726 e. The summed E-state index contributed by atoms with van der Waals surface area (Å²) in [6.07, 6.45) is 6.00. The number of pyridine rings is 1. The van der Waals surface area contributed by atoms with Gasteiger partial charge >= 0.3 is 0 Å². The fourth-order valence-electron chi connectivity index (χ4n) is 1.51. The average Bonchev–Trinajstić information content (AvgIpc) is 2.39. The maximum atomic E-state index is 8.63. The Morgan fingerprint density at radius 1 is 1.15 bits per heavy atom.